The molecule has 6 nitrogen and oxygen atoms in total. The number of amides is 1. The average molecular weight is 329 g/mol. The fraction of sp³-hybridized carbons (Fsp3) is 0.188. The molecular formula is C16H15N3O3S. The highest BCUT2D eigenvalue weighted by molar-refractivity contribution is 7.14. The van der Waals surface area contributed by atoms with Crippen LogP contribution in [0.4, 0.5) is 5.13 Å². The first-order valence-electron chi connectivity index (χ1n) is 6.97. The Labute approximate surface area is 136 Å². The maximum Gasteiger partial charge on any atom is 0.311 e. The predicted molar refractivity (Wildman–Crippen MR) is 88.8 cm³/mol. The van der Waals surface area contributed by atoms with Gasteiger partial charge in [-0.05, 0) is 24.6 Å². The molecule has 0 saturated heterocycles. The summed E-state index contributed by atoms with van der Waals surface area (Å²) in [6, 6.07) is 7.75. The Hall–Kier alpha value is -2.67. The normalized spacial score (nSPS) is 10.7. The Morgan fingerprint density at radius 1 is 1.35 bits per heavy atom. The van der Waals surface area contributed by atoms with E-state index >= 15 is 0 Å². The van der Waals surface area contributed by atoms with Crippen LogP contribution in [0.25, 0.3) is 10.9 Å². The fourth-order valence-corrected chi connectivity index (χ4v) is 2.90. The van der Waals surface area contributed by atoms with Gasteiger partial charge >= 0.3 is 5.97 Å². The molecule has 0 atom stereocenters. The highest BCUT2D eigenvalue weighted by atomic mass is 32.1. The SMILES string of the molecule is COC(=O)Cc1csc(NC(=O)c2cc3ccc(C)cc3[nH]2)n1. The molecule has 0 radical (unpaired) electrons. The van der Waals surface area contributed by atoms with Gasteiger partial charge < -0.3 is 9.72 Å². The van der Waals surface area contributed by atoms with Gasteiger partial charge in [-0.15, -0.1) is 11.3 Å². The molecule has 1 amide bonds. The molecule has 0 aliphatic heterocycles. The number of methoxy groups -OCH3 is 1. The van der Waals surface area contributed by atoms with Crippen molar-refractivity contribution in [3.63, 3.8) is 0 Å². The summed E-state index contributed by atoms with van der Waals surface area (Å²) < 4.78 is 4.59. The van der Waals surface area contributed by atoms with Crippen LogP contribution >= 0.6 is 11.3 Å². The Morgan fingerprint density at radius 2 is 2.17 bits per heavy atom. The van der Waals surface area contributed by atoms with E-state index in [1.54, 1.807) is 11.4 Å². The smallest absolute Gasteiger partial charge is 0.311 e. The number of nitrogens with one attached hydrogen (secondary N) is 2. The lowest BCUT2D eigenvalue weighted by molar-refractivity contribution is -0.139. The molecule has 2 N–H and O–H groups in total. The van der Waals surface area contributed by atoms with Crippen molar-refractivity contribution in [2.45, 2.75) is 13.3 Å². The third-order valence-electron chi connectivity index (χ3n) is 3.35. The van der Waals surface area contributed by atoms with E-state index in [9.17, 15) is 9.59 Å². The number of hydrogen-bond acceptors (Lipinski definition) is 5. The molecule has 0 saturated carbocycles. The second-order valence-electron chi connectivity index (χ2n) is 5.12. The van der Waals surface area contributed by atoms with E-state index in [1.807, 2.05) is 25.1 Å². The second kappa shape index (κ2) is 6.21. The van der Waals surface area contributed by atoms with Crippen molar-refractivity contribution in [3.05, 3.63) is 46.6 Å². The molecule has 0 aliphatic rings. The monoisotopic (exact) mass is 329 g/mol. The number of anilines is 1. The van der Waals surface area contributed by atoms with Crippen LogP contribution in [0.1, 0.15) is 21.7 Å². The zero-order chi connectivity index (χ0) is 16.4. The van der Waals surface area contributed by atoms with Crippen molar-refractivity contribution in [1.82, 2.24) is 9.97 Å². The molecule has 3 rings (SSSR count). The number of esters is 1. The van der Waals surface area contributed by atoms with Crippen LogP contribution in [0, 0.1) is 6.92 Å². The minimum absolute atomic E-state index is 0.0918. The molecule has 7 heteroatoms. The largest absolute Gasteiger partial charge is 0.469 e. The molecule has 0 unspecified atom stereocenters. The Balaban J connectivity index is 1.74. The van der Waals surface area contributed by atoms with Gasteiger partial charge in [0.2, 0.25) is 0 Å². The number of fused-ring (bicyclic) bond motifs is 1. The molecule has 3 aromatic rings. The number of thiazole rings is 1. The molecule has 0 spiro atoms. The quantitative estimate of drug-likeness (QED) is 0.721. The summed E-state index contributed by atoms with van der Waals surface area (Å²) in [5.41, 5.74) is 3.08. The average Bonchev–Trinajstić information content (AvgIpc) is 3.13. The zero-order valence-electron chi connectivity index (χ0n) is 12.7. The van der Waals surface area contributed by atoms with Gasteiger partial charge in [0.25, 0.3) is 5.91 Å². The lowest BCUT2D eigenvalue weighted by atomic mass is 10.2. The summed E-state index contributed by atoms with van der Waals surface area (Å²) in [6.07, 6.45) is 0.0918. The number of carbonyl (C=O) groups is 2. The van der Waals surface area contributed by atoms with Crippen LogP contribution in [0.5, 0.6) is 0 Å². The van der Waals surface area contributed by atoms with E-state index in [0.29, 0.717) is 16.5 Å². The van der Waals surface area contributed by atoms with Gasteiger partial charge in [-0.1, -0.05) is 12.1 Å². The van der Waals surface area contributed by atoms with E-state index in [4.69, 9.17) is 0 Å². The van der Waals surface area contributed by atoms with Gasteiger partial charge in [-0.3, -0.25) is 14.9 Å². The van der Waals surface area contributed by atoms with Crippen molar-refractivity contribution in [2.24, 2.45) is 0 Å². The van der Waals surface area contributed by atoms with Crippen molar-refractivity contribution < 1.29 is 14.3 Å². The Morgan fingerprint density at radius 3 is 2.96 bits per heavy atom. The highest BCUT2D eigenvalue weighted by Crippen LogP contribution is 2.20. The minimum atomic E-state index is -0.362. The standard InChI is InChI=1S/C16H15N3O3S/c1-9-3-4-10-6-13(18-12(10)5-9)15(21)19-16-17-11(8-23-16)7-14(20)22-2/h3-6,8,18H,7H2,1-2H3,(H,17,19,21). The van der Waals surface area contributed by atoms with E-state index in [1.165, 1.54) is 18.4 Å². The van der Waals surface area contributed by atoms with Crippen molar-refractivity contribution >= 4 is 39.2 Å². The first-order chi connectivity index (χ1) is 11.0. The van der Waals surface area contributed by atoms with Gasteiger partial charge in [0.05, 0.1) is 19.2 Å². The van der Waals surface area contributed by atoms with Gasteiger partial charge in [-0.25, -0.2) is 4.98 Å². The number of hydrogen-bond donors (Lipinski definition) is 2. The summed E-state index contributed by atoms with van der Waals surface area (Å²) >= 11 is 1.27. The lowest BCUT2D eigenvalue weighted by Gasteiger charge is -1.98. The fourth-order valence-electron chi connectivity index (χ4n) is 2.19. The van der Waals surface area contributed by atoms with Crippen LogP contribution in [0.2, 0.25) is 0 Å². The first kappa shape index (κ1) is 15.2. The van der Waals surface area contributed by atoms with E-state index < -0.39 is 0 Å². The summed E-state index contributed by atoms with van der Waals surface area (Å²) in [5, 5.41) is 5.88. The predicted octanol–water partition coefficient (Wildman–Crippen LogP) is 2.90. The summed E-state index contributed by atoms with van der Waals surface area (Å²) in [6.45, 7) is 2.00. The van der Waals surface area contributed by atoms with Crippen LogP contribution in [0.3, 0.4) is 0 Å². The summed E-state index contributed by atoms with van der Waals surface area (Å²) in [4.78, 5) is 30.8. The summed E-state index contributed by atoms with van der Waals surface area (Å²) in [5.74, 6) is -0.628. The molecule has 0 bridgehead atoms. The van der Waals surface area contributed by atoms with Crippen LogP contribution in [-0.2, 0) is 16.0 Å². The number of aromatic amines is 1. The number of benzene rings is 1. The molecule has 118 valence electrons. The van der Waals surface area contributed by atoms with Crippen LogP contribution in [-0.4, -0.2) is 29.0 Å². The van der Waals surface area contributed by atoms with Crippen molar-refractivity contribution in [3.8, 4) is 0 Å². The van der Waals surface area contributed by atoms with Gasteiger partial charge in [0, 0.05) is 16.3 Å². The molecule has 23 heavy (non-hydrogen) atoms. The maximum absolute atomic E-state index is 12.3. The van der Waals surface area contributed by atoms with Crippen LogP contribution < -0.4 is 5.32 Å². The van der Waals surface area contributed by atoms with E-state index in [2.05, 4.69) is 20.0 Å². The molecule has 1 aromatic carbocycles. The molecule has 2 aromatic heterocycles. The number of carbonyl (C=O) groups excluding carboxylic acids is 2. The number of ether oxygens (including phenoxy) is 1. The third kappa shape index (κ3) is 3.40. The molecular weight excluding hydrogens is 314 g/mol. The molecule has 0 aliphatic carbocycles. The van der Waals surface area contributed by atoms with Gasteiger partial charge in [-0.2, -0.15) is 0 Å². The van der Waals surface area contributed by atoms with Crippen LogP contribution in [0.15, 0.2) is 29.6 Å². The van der Waals surface area contributed by atoms with Gasteiger partial charge in [0.1, 0.15) is 5.69 Å². The van der Waals surface area contributed by atoms with Crippen molar-refractivity contribution in [2.75, 3.05) is 12.4 Å². The first-order valence-corrected chi connectivity index (χ1v) is 7.85. The number of rotatable bonds is 4. The van der Waals surface area contributed by atoms with E-state index in [-0.39, 0.29) is 18.3 Å². The lowest BCUT2D eigenvalue weighted by Crippen LogP contribution is -2.12. The highest BCUT2D eigenvalue weighted by Gasteiger charge is 2.13. The zero-order valence-corrected chi connectivity index (χ0v) is 13.5. The topological polar surface area (TPSA) is 84.1 Å². The third-order valence-corrected chi connectivity index (χ3v) is 4.15. The molecule has 2 heterocycles. The minimum Gasteiger partial charge on any atom is -0.469 e. The van der Waals surface area contributed by atoms with Crippen molar-refractivity contribution in [1.29, 1.82) is 0 Å². The Kier molecular flexibility index (Phi) is 4.12. The second-order valence-corrected chi connectivity index (χ2v) is 5.98. The maximum atomic E-state index is 12.3. The number of aryl methyl sites for hydroxylation is 1. The van der Waals surface area contributed by atoms with E-state index in [0.717, 1.165) is 16.5 Å². The van der Waals surface area contributed by atoms with Gasteiger partial charge in [0.15, 0.2) is 5.13 Å². The summed E-state index contributed by atoms with van der Waals surface area (Å²) in [7, 11) is 1.33. The number of nitrogens with zero attached hydrogens (tertiary/aromatic N) is 1. The number of H-pyrrole nitrogens is 1. The molecule has 0 fully saturated rings. The Bertz CT molecular complexity index is 882. The number of aromatic nitrogens is 2.